The van der Waals surface area contributed by atoms with Crippen molar-refractivity contribution < 1.29 is 0 Å². The van der Waals surface area contributed by atoms with Gasteiger partial charge in [-0.15, -0.1) is 0 Å². The van der Waals surface area contributed by atoms with Crippen LogP contribution in [0.2, 0.25) is 0 Å². The van der Waals surface area contributed by atoms with Gasteiger partial charge in [0.25, 0.3) is 5.56 Å². The van der Waals surface area contributed by atoms with E-state index in [4.69, 9.17) is 0 Å². The highest BCUT2D eigenvalue weighted by Crippen LogP contribution is 2.21. The molecule has 96 valence electrons. The maximum atomic E-state index is 12.0. The van der Waals surface area contributed by atoms with Crippen LogP contribution in [0.4, 0.5) is 11.4 Å². The van der Waals surface area contributed by atoms with Gasteiger partial charge in [0, 0.05) is 13.2 Å². The van der Waals surface area contributed by atoms with Crippen molar-refractivity contribution >= 4 is 27.3 Å². The lowest BCUT2D eigenvalue weighted by molar-refractivity contribution is 0.501. The Hall–Kier alpha value is -1.63. The zero-order valence-corrected chi connectivity index (χ0v) is 12.0. The number of aryl methyl sites for hydroxylation is 1. The van der Waals surface area contributed by atoms with Gasteiger partial charge in [0.05, 0.1) is 29.8 Å². The van der Waals surface area contributed by atoms with E-state index in [0.717, 1.165) is 5.69 Å². The number of hydrogen-bond acceptors (Lipinski definition) is 4. The number of nitrogens with zero attached hydrogens (tertiary/aromatic N) is 4. The molecule has 0 saturated carbocycles. The molecular weight excluding hydrogens is 298 g/mol. The predicted molar refractivity (Wildman–Crippen MR) is 73.1 cm³/mol. The third-order valence-electron chi connectivity index (χ3n) is 2.42. The molecule has 0 aliphatic carbocycles. The van der Waals surface area contributed by atoms with Crippen molar-refractivity contribution in [3.05, 3.63) is 33.4 Å². The quantitative estimate of drug-likeness (QED) is 0.942. The number of rotatable bonds is 3. The molecule has 0 amide bonds. The molecule has 0 radical (unpaired) electrons. The first-order chi connectivity index (χ1) is 8.49. The Kier molecular flexibility index (Phi) is 3.51. The van der Waals surface area contributed by atoms with E-state index in [0.29, 0.717) is 10.2 Å². The fourth-order valence-corrected chi connectivity index (χ4v) is 1.92. The molecular formula is C11H14BrN5O. The molecule has 2 rings (SSSR count). The summed E-state index contributed by atoms with van der Waals surface area (Å²) in [5.41, 5.74) is 1.28. The van der Waals surface area contributed by atoms with Gasteiger partial charge in [0.1, 0.15) is 4.47 Å². The van der Waals surface area contributed by atoms with Gasteiger partial charge >= 0.3 is 0 Å². The molecule has 0 aliphatic rings. The largest absolute Gasteiger partial charge is 0.351 e. The molecule has 18 heavy (non-hydrogen) atoms. The van der Waals surface area contributed by atoms with Gasteiger partial charge in [-0.25, -0.2) is 4.68 Å². The zero-order chi connectivity index (χ0) is 13.3. The molecule has 0 atom stereocenters. The van der Waals surface area contributed by atoms with E-state index in [-0.39, 0.29) is 11.6 Å². The SMILES string of the molecule is CC(C)n1ncc(Nc2cnn(C)c2)c(Br)c1=O. The Balaban J connectivity index is 2.36. The van der Waals surface area contributed by atoms with Crippen LogP contribution < -0.4 is 10.9 Å². The number of nitrogens with one attached hydrogen (secondary N) is 1. The molecule has 0 unspecified atom stereocenters. The van der Waals surface area contributed by atoms with Crippen molar-refractivity contribution in [1.29, 1.82) is 0 Å². The molecule has 2 heterocycles. The fraction of sp³-hybridized carbons (Fsp3) is 0.364. The van der Waals surface area contributed by atoms with Gasteiger partial charge in [0.2, 0.25) is 0 Å². The lowest BCUT2D eigenvalue weighted by atomic mass is 10.4. The summed E-state index contributed by atoms with van der Waals surface area (Å²) in [7, 11) is 1.83. The number of anilines is 2. The van der Waals surface area contributed by atoms with E-state index < -0.39 is 0 Å². The van der Waals surface area contributed by atoms with Crippen molar-refractivity contribution in [3.8, 4) is 0 Å². The van der Waals surface area contributed by atoms with Crippen LogP contribution in [0.15, 0.2) is 27.9 Å². The van der Waals surface area contributed by atoms with Crippen LogP contribution >= 0.6 is 15.9 Å². The standard InChI is InChI=1S/C11H14BrN5O/c1-7(2)17-11(18)10(12)9(5-14-17)15-8-4-13-16(3)6-8/h4-7,15H,1-3H3. The highest BCUT2D eigenvalue weighted by molar-refractivity contribution is 9.10. The van der Waals surface area contributed by atoms with E-state index in [1.807, 2.05) is 27.1 Å². The summed E-state index contributed by atoms with van der Waals surface area (Å²) in [6.07, 6.45) is 5.12. The summed E-state index contributed by atoms with van der Waals surface area (Å²) in [6.45, 7) is 3.82. The number of halogens is 1. The Morgan fingerprint density at radius 1 is 1.33 bits per heavy atom. The third kappa shape index (κ3) is 2.45. The Morgan fingerprint density at radius 2 is 2.06 bits per heavy atom. The van der Waals surface area contributed by atoms with E-state index in [2.05, 4.69) is 31.4 Å². The van der Waals surface area contributed by atoms with Crippen LogP contribution in [0, 0.1) is 0 Å². The van der Waals surface area contributed by atoms with E-state index >= 15 is 0 Å². The van der Waals surface area contributed by atoms with Crippen LogP contribution in [0.1, 0.15) is 19.9 Å². The smallest absolute Gasteiger partial charge is 0.283 e. The highest BCUT2D eigenvalue weighted by atomic mass is 79.9. The molecule has 0 aromatic carbocycles. The Labute approximate surface area is 113 Å². The third-order valence-corrected chi connectivity index (χ3v) is 3.18. The van der Waals surface area contributed by atoms with Crippen molar-refractivity contribution in [2.24, 2.45) is 7.05 Å². The van der Waals surface area contributed by atoms with Gasteiger partial charge in [-0.3, -0.25) is 9.48 Å². The minimum absolute atomic E-state index is 0.0289. The van der Waals surface area contributed by atoms with Gasteiger partial charge in [-0.1, -0.05) is 0 Å². The van der Waals surface area contributed by atoms with Gasteiger partial charge < -0.3 is 5.32 Å². The summed E-state index contributed by atoms with van der Waals surface area (Å²) in [6, 6.07) is 0.0289. The second kappa shape index (κ2) is 4.93. The van der Waals surface area contributed by atoms with Crippen LogP contribution in [-0.2, 0) is 7.05 Å². The van der Waals surface area contributed by atoms with Crippen LogP contribution in [0.25, 0.3) is 0 Å². The fourth-order valence-electron chi connectivity index (χ4n) is 1.54. The maximum Gasteiger partial charge on any atom is 0.283 e. The molecule has 0 saturated heterocycles. The number of hydrogen-bond donors (Lipinski definition) is 1. The molecule has 0 bridgehead atoms. The molecule has 0 fully saturated rings. The van der Waals surface area contributed by atoms with Crippen molar-refractivity contribution in [2.45, 2.75) is 19.9 Å². The molecule has 0 spiro atoms. The summed E-state index contributed by atoms with van der Waals surface area (Å²) >= 11 is 3.30. The van der Waals surface area contributed by atoms with E-state index in [1.54, 1.807) is 17.1 Å². The number of aromatic nitrogens is 4. The van der Waals surface area contributed by atoms with Gasteiger partial charge in [-0.2, -0.15) is 10.2 Å². The van der Waals surface area contributed by atoms with Gasteiger partial charge in [-0.05, 0) is 29.8 Å². The van der Waals surface area contributed by atoms with E-state index in [1.165, 1.54) is 4.68 Å². The lowest BCUT2D eigenvalue weighted by Gasteiger charge is -2.11. The summed E-state index contributed by atoms with van der Waals surface area (Å²) < 4.78 is 3.58. The zero-order valence-electron chi connectivity index (χ0n) is 10.4. The van der Waals surface area contributed by atoms with Crippen molar-refractivity contribution in [3.63, 3.8) is 0 Å². The Morgan fingerprint density at radius 3 is 2.61 bits per heavy atom. The summed E-state index contributed by atoms with van der Waals surface area (Å²) in [4.78, 5) is 12.0. The molecule has 2 aromatic rings. The first-order valence-electron chi connectivity index (χ1n) is 5.52. The molecule has 0 aliphatic heterocycles. The second-order valence-electron chi connectivity index (χ2n) is 4.24. The van der Waals surface area contributed by atoms with Crippen LogP contribution in [0.5, 0.6) is 0 Å². The average Bonchev–Trinajstić information content (AvgIpc) is 2.70. The molecule has 2 aromatic heterocycles. The van der Waals surface area contributed by atoms with Crippen LogP contribution in [-0.4, -0.2) is 19.6 Å². The summed E-state index contributed by atoms with van der Waals surface area (Å²) in [5.74, 6) is 0. The predicted octanol–water partition coefficient (Wildman–Crippen LogP) is 2.06. The molecule has 1 N–H and O–H groups in total. The summed E-state index contributed by atoms with van der Waals surface area (Å²) in [5, 5.41) is 11.3. The van der Waals surface area contributed by atoms with Crippen molar-refractivity contribution in [2.75, 3.05) is 5.32 Å². The highest BCUT2D eigenvalue weighted by Gasteiger charge is 2.11. The second-order valence-corrected chi connectivity index (χ2v) is 5.04. The molecule has 7 heteroatoms. The minimum Gasteiger partial charge on any atom is -0.351 e. The first-order valence-corrected chi connectivity index (χ1v) is 6.31. The van der Waals surface area contributed by atoms with Crippen molar-refractivity contribution in [1.82, 2.24) is 19.6 Å². The average molecular weight is 312 g/mol. The lowest BCUT2D eigenvalue weighted by Crippen LogP contribution is -2.25. The molecule has 6 nitrogen and oxygen atoms in total. The first kappa shape index (κ1) is 12.8. The minimum atomic E-state index is -0.154. The van der Waals surface area contributed by atoms with Crippen LogP contribution in [0.3, 0.4) is 0 Å². The topological polar surface area (TPSA) is 64.7 Å². The normalized spacial score (nSPS) is 10.9. The van der Waals surface area contributed by atoms with E-state index in [9.17, 15) is 4.79 Å². The monoisotopic (exact) mass is 311 g/mol. The maximum absolute atomic E-state index is 12.0. The Bertz CT molecular complexity index is 616. The van der Waals surface area contributed by atoms with Gasteiger partial charge in [0.15, 0.2) is 0 Å².